The lowest BCUT2D eigenvalue weighted by atomic mass is 10.0. The number of unbranched alkanes of at least 4 members (excludes halogenated alkanes) is 1. The second-order valence-corrected chi connectivity index (χ2v) is 11.2. The highest BCUT2D eigenvalue weighted by Gasteiger charge is 2.26. The predicted octanol–water partition coefficient (Wildman–Crippen LogP) is 6.97. The molecule has 1 saturated heterocycles. The summed E-state index contributed by atoms with van der Waals surface area (Å²) in [6.07, 6.45) is 7.22. The number of hydrogen-bond donors (Lipinski definition) is 0. The number of piperidine rings is 1. The van der Waals surface area contributed by atoms with Gasteiger partial charge >= 0.3 is 0 Å². The van der Waals surface area contributed by atoms with Gasteiger partial charge in [0.25, 0.3) is 10.0 Å². The van der Waals surface area contributed by atoms with E-state index in [1.54, 1.807) is 24.3 Å². The molecule has 0 spiro atoms. The molecule has 0 unspecified atom stereocenters. The third kappa shape index (κ3) is 7.47. The maximum atomic E-state index is 13.7. The van der Waals surface area contributed by atoms with E-state index in [2.05, 4.69) is 11.0 Å². The quantitative estimate of drug-likeness (QED) is 0.265. The van der Waals surface area contributed by atoms with Gasteiger partial charge in [-0.3, -0.25) is 4.31 Å². The van der Waals surface area contributed by atoms with Crippen molar-refractivity contribution in [2.24, 2.45) is 0 Å². The molecule has 7 heteroatoms. The summed E-state index contributed by atoms with van der Waals surface area (Å²) in [7, 11) is -3.76. The topological polar surface area (TPSA) is 40.6 Å². The Balaban J connectivity index is 0.00000342. The van der Waals surface area contributed by atoms with Crippen LogP contribution in [-0.2, 0) is 23.0 Å². The van der Waals surface area contributed by atoms with Crippen LogP contribution in [0.3, 0.4) is 0 Å². The monoisotopic (exact) mass is 532 g/mol. The molecule has 4 rings (SSSR count). The Morgan fingerprint density at radius 3 is 2.09 bits per heavy atom. The zero-order chi connectivity index (χ0) is 23.8. The minimum absolute atomic E-state index is 0. The van der Waals surface area contributed by atoms with Gasteiger partial charge in [-0.2, -0.15) is 0 Å². The zero-order valence-corrected chi connectivity index (χ0v) is 22.4. The fourth-order valence-electron chi connectivity index (χ4n) is 4.59. The van der Waals surface area contributed by atoms with Crippen molar-refractivity contribution in [3.8, 4) is 0 Å². The molecule has 1 heterocycles. The lowest BCUT2D eigenvalue weighted by molar-refractivity contribution is 0.225. The maximum Gasteiger partial charge on any atom is 0.264 e. The van der Waals surface area contributed by atoms with Crippen molar-refractivity contribution < 1.29 is 8.42 Å². The smallest absolute Gasteiger partial charge is 0.264 e. The molecule has 1 aliphatic rings. The molecule has 0 radical (unpaired) electrons. The first-order valence-electron chi connectivity index (χ1n) is 12.2. The van der Waals surface area contributed by atoms with Crippen molar-refractivity contribution in [2.45, 2.75) is 50.0 Å². The van der Waals surface area contributed by atoms with Crippen LogP contribution in [0, 0.1) is 0 Å². The summed E-state index contributed by atoms with van der Waals surface area (Å²) in [5, 5.41) is 0.514. The number of halogens is 2. The van der Waals surface area contributed by atoms with Crippen molar-refractivity contribution in [1.29, 1.82) is 0 Å². The molecule has 1 aliphatic heterocycles. The normalized spacial score (nSPS) is 14.3. The molecule has 3 aromatic rings. The van der Waals surface area contributed by atoms with Gasteiger partial charge in [0.1, 0.15) is 0 Å². The van der Waals surface area contributed by atoms with E-state index in [-0.39, 0.29) is 23.8 Å². The number of anilines is 1. The van der Waals surface area contributed by atoms with E-state index in [1.807, 2.05) is 48.5 Å². The Labute approximate surface area is 221 Å². The van der Waals surface area contributed by atoms with Crippen molar-refractivity contribution >= 4 is 39.7 Å². The summed E-state index contributed by atoms with van der Waals surface area (Å²) in [6.45, 7) is 3.90. The molecule has 0 atom stereocenters. The number of nitrogens with zero attached hydrogens (tertiary/aromatic N) is 2. The fourth-order valence-corrected chi connectivity index (χ4v) is 6.16. The Morgan fingerprint density at radius 2 is 1.40 bits per heavy atom. The number of likely N-dealkylation sites (tertiary alicyclic amines) is 1. The van der Waals surface area contributed by atoms with Gasteiger partial charge in [-0.15, -0.1) is 12.4 Å². The molecular formula is C28H34Cl2N2O2S. The second-order valence-electron chi connectivity index (χ2n) is 8.93. The van der Waals surface area contributed by atoms with Crippen molar-refractivity contribution in [3.05, 3.63) is 95.0 Å². The van der Waals surface area contributed by atoms with E-state index in [0.717, 1.165) is 24.9 Å². The van der Waals surface area contributed by atoms with Crippen LogP contribution in [0.5, 0.6) is 0 Å². The number of benzene rings is 3. The summed E-state index contributed by atoms with van der Waals surface area (Å²) in [5.41, 5.74) is 2.91. The Kier molecular flexibility index (Phi) is 10.5. The van der Waals surface area contributed by atoms with Crippen LogP contribution in [0.2, 0.25) is 5.02 Å². The summed E-state index contributed by atoms with van der Waals surface area (Å²) in [4.78, 5) is 2.81. The van der Waals surface area contributed by atoms with E-state index in [0.29, 0.717) is 10.7 Å². The van der Waals surface area contributed by atoms with Crippen LogP contribution in [0.25, 0.3) is 0 Å². The molecule has 0 N–H and O–H groups in total. The molecular weight excluding hydrogens is 499 g/mol. The number of para-hydroxylation sites is 1. The molecule has 4 nitrogen and oxygen atoms in total. The zero-order valence-electron chi connectivity index (χ0n) is 20.0. The summed E-state index contributed by atoms with van der Waals surface area (Å²) in [6, 6.07) is 23.9. The van der Waals surface area contributed by atoms with Gasteiger partial charge in [-0.05, 0) is 99.3 Å². The van der Waals surface area contributed by atoms with E-state index < -0.39 is 10.0 Å². The van der Waals surface area contributed by atoms with Crippen LogP contribution >= 0.6 is 24.0 Å². The Hall–Kier alpha value is -2.05. The number of aryl methyl sites for hydroxylation is 1. The van der Waals surface area contributed by atoms with Crippen LogP contribution in [0.15, 0.2) is 83.8 Å². The van der Waals surface area contributed by atoms with Gasteiger partial charge in [-0.25, -0.2) is 8.42 Å². The van der Waals surface area contributed by atoms with Crippen molar-refractivity contribution in [2.75, 3.05) is 23.9 Å². The van der Waals surface area contributed by atoms with Crippen LogP contribution in [-0.4, -0.2) is 33.0 Å². The molecule has 0 saturated carbocycles. The second kappa shape index (κ2) is 13.3. The third-order valence-corrected chi connectivity index (χ3v) is 8.54. The molecule has 0 bridgehead atoms. The summed E-state index contributed by atoms with van der Waals surface area (Å²) >= 11 is 6.01. The minimum atomic E-state index is -3.76. The highest BCUT2D eigenvalue weighted by atomic mass is 35.5. The molecule has 0 aliphatic carbocycles. The molecule has 0 amide bonds. The third-order valence-electron chi connectivity index (χ3n) is 6.50. The van der Waals surface area contributed by atoms with Crippen LogP contribution < -0.4 is 4.31 Å². The molecule has 0 aromatic heterocycles. The van der Waals surface area contributed by atoms with Crippen LogP contribution in [0.4, 0.5) is 5.69 Å². The maximum absolute atomic E-state index is 13.7. The number of rotatable bonds is 10. The summed E-state index contributed by atoms with van der Waals surface area (Å²) in [5.74, 6) is 0. The van der Waals surface area contributed by atoms with Gasteiger partial charge in [0.15, 0.2) is 0 Å². The molecule has 3 aromatic carbocycles. The first-order valence-corrected chi connectivity index (χ1v) is 14.0. The largest absolute Gasteiger partial charge is 0.303 e. The van der Waals surface area contributed by atoms with E-state index >= 15 is 0 Å². The molecule has 35 heavy (non-hydrogen) atoms. The average molecular weight is 534 g/mol. The number of sulfonamides is 1. The summed E-state index contributed by atoms with van der Waals surface area (Å²) < 4.78 is 28.8. The fraction of sp³-hybridized carbons (Fsp3) is 0.357. The van der Waals surface area contributed by atoms with Crippen LogP contribution in [0.1, 0.15) is 43.2 Å². The number of hydrogen-bond acceptors (Lipinski definition) is 3. The van der Waals surface area contributed by atoms with Gasteiger partial charge in [-0.1, -0.05) is 60.5 Å². The lowest BCUT2D eigenvalue weighted by Gasteiger charge is -2.27. The van der Waals surface area contributed by atoms with Gasteiger partial charge in [0.2, 0.25) is 0 Å². The minimum Gasteiger partial charge on any atom is -0.303 e. The Bertz CT molecular complexity index is 1150. The van der Waals surface area contributed by atoms with E-state index in [1.165, 1.54) is 48.6 Å². The predicted molar refractivity (Wildman–Crippen MR) is 148 cm³/mol. The first kappa shape index (κ1) is 27.5. The van der Waals surface area contributed by atoms with Gasteiger partial charge in [0, 0.05) is 5.02 Å². The van der Waals surface area contributed by atoms with E-state index in [4.69, 9.17) is 11.6 Å². The van der Waals surface area contributed by atoms with Crippen molar-refractivity contribution in [3.63, 3.8) is 0 Å². The lowest BCUT2D eigenvalue weighted by Crippen LogP contribution is -2.31. The Morgan fingerprint density at radius 1 is 0.771 bits per heavy atom. The highest BCUT2D eigenvalue weighted by Crippen LogP contribution is 2.28. The molecule has 188 valence electrons. The first-order chi connectivity index (χ1) is 16.5. The average Bonchev–Trinajstić information content (AvgIpc) is 2.87. The molecule has 1 fully saturated rings. The van der Waals surface area contributed by atoms with Gasteiger partial charge in [0.05, 0.1) is 17.1 Å². The SMILES string of the molecule is Cl.O=S(=O)(c1ccc(Cl)cc1)N(Cc1ccccc1CCCCN1CCCCC1)c1ccccc1. The van der Waals surface area contributed by atoms with Crippen molar-refractivity contribution in [1.82, 2.24) is 4.90 Å². The standard InChI is InChI=1S/C28H33ClN2O2S.ClH/c29-26-16-18-28(19-17-26)34(32,33)31(27-14-3-1-4-15-27)23-25-13-6-5-11-24(25)12-7-10-22-30-20-8-2-9-21-30;/h1,3-6,11,13-19H,2,7-10,12,20-23H2;1H. The highest BCUT2D eigenvalue weighted by molar-refractivity contribution is 7.92. The van der Waals surface area contributed by atoms with E-state index in [9.17, 15) is 8.42 Å². The van der Waals surface area contributed by atoms with Gasteiger partial charge < -0.3 is 4.90 Å².